The topological polar surface area (TPSA) is 79.3 Å². The minimum atomic E-state index is -0.926. The molecule has 0 aliphatic heterocycles. The summed E-state index contributed by atoms with van der Waals surface area (Å²) < 4.78 is 1.73. The van der Waals surface area contributed by atoms with Gasteiger partial charge in [-0.3, -0.25) is 14.9 Å². The Morgan fingerprint density at radius 3 is 2.50 bits per heavy atom. The van der Waals surface area contributed by atoms with Gasteiger partial charge in [-0.15, -0.1) is 11.3 Å². The summed E-state index contributed by atoms with van der Waals surface area (Å²) in [4.78, 5) is 29.4. The molecule has 0 saturated carbocycles. The van der Waals surface area contributed by atoms with Gasteiger partial charge in [-0.1, -0.05) is 62.2 Å². The average Bonchev–Trinajstić information content (AvgIpc) is 3.16. The number of aliphatic carboxylic acids is 1. The highest BCUT2D eigenvalue weighted by atomic mass is 32.2. The summed E-state index contributed by atoms with van der Waals surface area (Å²) >= 11 is 2.60. The standard InChI is InChI=1S/C23H26N2O3S2/c1-2-3-11-19(22(28)30-23-25-17-12-7-8-13-20(17)29-23)24-18(21(26)27)15-14-16-9-5-4-6-10-16/h4-10,12-13,18-19,24H,2-3,11,14-15H2,1H3,(H,26,27)/t18-,19-/m0/s1. The van der Waals surface area contributed by atoms with Gasteiger partial charge in [-0.05, 0) is 48.7 Å². The highest BCUT2D eigenvalue weighted by molar-refractivity contribution is 8.15. The summed E-state index contributed by atoms with van der Waals surface area (Å²) in [7, 11) is 0. The van der Waals surface area contributed by atoms with E-state index < -0.39 is 18.1 Å². The van der Waals surface area contributed by atoms with Crippen molar-refractivity contribution in [2.24, 2.45) is 0 Å². The van der Waals surface area contributed by atoms with Crippen LogP contribution < -0.4 is 5.32 Å². The number of carboxylic acids is 1. The predicted molar refractivity (Wildman–Crippen MR) is 123 cm³/mol. The highest BCUT2D eigenvalue weighted by Crippen LogP contribution is 2.31. The maximum Gasteiger partial charge on any atom is 0.320 e. The van der Waals surface area contributed by atoms with Crippen molar-refractivity contribution in [2.45, 2.75) is 55.5 Å². The summed E-state index contributed by atoms with van der Waals surface area (Å²) in [5.41, 5.74) is 1.97. The second kappa shape index (κ2) is 11.2. The molecule has 1 heterocycles. The Kier molecular flexibility index (Phi) is 8.42. The molecular formula is C23H26N2O3S2. The average molecular weight is 443 g/mol. The van der Waals surface area contributed by atoms with Crippen LogP contribution in [0.4, 0.5) is 0 Å². The largest absolute Gasteiger partial charge is 0.480 e. The molecule has 3 aromatic rings. The number of carbonyl (C=O) groups is 2. The van der Waals surface area contributed by atoms with Crippen LogP contribution in [-0.2, 0) is 16.0 Å². The Morgan fingerprint density at radius 1 is 1.07 bits per heavy atom. The van der Waals surface area contributed by atoms with Gasteiger partial charge in [0.25, 0.3) is 0 Å². The van der Waals surface area contributed by atoms with E-state index in [1.807, 2.05) is 54.6 Å². The fraction of sp³-hybridized carbons (Fsp3) is 0.348. The normalized spacial score (nSPS) is 13.2. The lowest BCUT2D eigenvalue weighted by molar-refractivity contribution is -0.140. The first-order valence-electron chi connectivity index (χ1n) is 10.2. The number of rotatable bonds is 11. The zero-order valence-electron chi connectivity index (χ0n) is 16.9. The molecule has 3 rings (SSSR count). The number of aromatic nitrogens is 1. The molecule has 158 valence electrons. The minimum Gasteiger partial charge on any atom is -0.480 e. The van der Waals surface area contributed by atoms with E-state index in [1.165, 1.54) is 11.3 Å². The number of fused-ring (bicyclic) bond motifs is 1. The number of thioether (sulfide) groups is 1. The van der Waals surface area contributed by atoms with E-state index in [4.69, 9.17) is 0 Å². The monoisotopic (exact) mass is 442 g/mol. The molecule has 2 atom stereocenters. The Hall–Kier alpha value is -2.22. The fourth-order valence-electron chi connectivity index (χ4n) is 3.21. The first kappa shape index (κ1) is 22.5. The number of hydrogen-bond acceptors (Lipinski definition) is 6. The number of carbonyl (C=O) groups excluding carboxylic acids is 1. The van der Waals surface area contributed by atoms with Crippen LogP contribution in [0.5, 0.6) is 0 Å². The van der Waals surface area contributed by atoms with Gasteiger partial charge in [-0.25, -0.2) is 4.98 Å². The van der Waals surface area contributed by atoms with Gasteiger partial charge in [-0.2, -0.15) is 0 Å². The number of carboxylic acid groups (broad SMARTS) is 1. The number of unbranched alkanes of at least 4 members (excludes halogenated alkanes) is 1. The van der Waals surface area contributed by atoms with Crippen LogP contribution in [0.2, 0.25) is 0 Å². The molecule has 0 amide bonds. The van der Waals surface area contributed by atoms with Gasteiger partial charge < -0.3 is 5.11 Å². The summed E-state index contributed by atoms with van der Waals surface area (Å²) in [6.45, 7) is 2.06. The van der Waals surface area contributed by atoms with E-state index in [2.05, 4.69) is 17.2 Å². The molecule has 0 aliphatic rings. The zero-order chi connectivity index (χ0) is 21.3. The molecule has 30 heavy (non-hydrogen) atoms. The van der Waals surface area contributed by atoms with Crippen LogP contribution in [-0.4, -0.2) is 33.3 Å². The Labute approximate surface area is 184 Å². The maximum atomic E-state index is 13.0. The lowest BCUT2D eigenvalue weighted by atomic mass is 10.0. The maximum absolute atomic E-state index is 13.0. The summed E-state index contributed by atoms with van der Waals surface area (Å²) in [6.07, 6.45) is 3.49. The second-order valence-electron chi connectivity index (χ2n) is 7.15. The molecule has 7 heteroatoms. The van der Waals surface area contributed by atoms with Gasteiger partial charge in [0.2, 0.25) is 5.12 Å². The quantitative estimate of drug-likeness (QED) is 0.400. The van der Waals surface area contributed by atoms with Gasteiger partial charge in [0.05, 0.1) is 16.3 Å². The Bertz CT molecular complexity index is 942. The van der Waals surface area contributed by atoms with E-state index in [1.54, 1.807) is 0 Å². The van der Waals surface area contributed by atoms with Crippen molar-refractivity contribution in [2.75, 3.05) is 0 Å². The molecule has 0 bridgehead atoms. The lowest BCUT2D eigenvalue weighted by Gasteiger charge is -2.22. The van der Waals surface area contributed by atoms with Crippen LogP contribution in [0.25, 0.3) is 10.2 Å². The first-order valence-corrected chi connectivity index (χ1v) is 11.8. The molecule has 0 unspecified atom stereocenters. The lowest BCUT2D eigenvalue weighted by Crippen LogP contribution is -2.46. The molecular weight excluding hydrogens is 416 g/mol. The smallest absolute Gasteiger partial charge is 0.320 e. The van der Waals surface area contributed by atoms with Crippen LogP contribution in [0, 0.1) is 0 Å². The van der Waals surface area contributed by atoms with Crippen LogP contribution >= 0.6 is 23.1 Å². The third-order valence-electron chi connectivity index (χ3n) is 4.86. The van der Waals surface area contributed by atoms with Crippen molar-refractivity contribution in [3.63, 3.8) is 0 Å². The number of aryl methyl sites for hydroxylation is 1. The molecule has 1 aromatic heterocycles. The van der Waals surface area contributed by atoms with E-state index in [-0.39, 0.29) is 5.12 Å². The van der Waals surface area contributed by atoms with Crippen LogP contribution in [0.1, 0.15) is 38.2 Å². The zero-order valence-corrected chi connectivity index (χ0v) is 18.5. The number of benzene rings is 2. The molecule has 0 radical (unpaired) electrons. The third kappa shape index (κ3) is 6.39. The van der Waals surface area contributed by atoms with Crippen LogP contribution in [0.3, 0.4) is 0 Å². The van der Waals surface area contributed by atoms with Crippen molar-refractivity contribution in [3.05, 3.63) is 60.2 Å². The van der Waals surface area contributed by atoms with Crippen LogP contribution in [0.15, 0.2) is 58.9 Å². The van der Waals surface area contributed by atoms with Crippen molar-refractivity contribution in [1.29, 1.82) is 0 Å². The number of nitrogens with one attached hydrogen (secondary N) is 1. The highest BCUT2D eigenvalue weighted by Gasteiger charge is 2.27. The molecule has 5 nitrogen and oxygen atoms in total. The Balaban J connectivity index is 1.67. The van der Waals surface area contributed by atoms with Crippen molar-refractivity contribution in [1.82, 2.24) is 10.3 Å². The molecule has 0 saturated heterocycles. The summed E-state index contributed by atoms with van der Waals surface area (Å²) in [5, 5.41) is 12.7. The minimum absolute atomic E-state index is 0.0755. The fourth-order valence-corrected chi connectivity index (χ4v) is 5.23. The van der Waals surface area contributed by atoms with Gasteiger partial charge in [0.15, 0.2) is 4.34 Å². The number of nitrogens with zero attached hydrogens (tertiary/aromatic N) is 1. The van der Waals surface area contributed by atoms with Crippen molar-refractivity contribution >= 4 is 44.4 Å². The predicted octanol–water partition coefficient (Wildman–Crippen LogP) is 5.15. The molecule has 2 N–H and O–H groups in total. The second-order valence-corrected chi connectivity index (χ2v) is 9.43. The molecule has 0 aliphatic carbocycles. The number of hydrogen-bond donors (Lipinski definition) is 2. The van der Waals surface area contributed by atoms with Gasteiger partial charge in [0.1, 0.15) is 6.04 Å². The van der Waals surface area contributed by atoms with Crippen molar-refractivity contribution in [3.8, 4) is 0 Å². The molecule has 2 aromatic carbocycles. The summed E-state index contributed by atoms with van der Waals surface area (Å²) in [6, 6.07) is 16.3. The van der Waals surface area contributed by atoms with E-state index in [0.717, 1.165) is 40.4 Å². The summed E-state index contributed by atoms with van der Waals surface area (Å²) in [5.74, 6) is -0.926. The van der Waals surface area contributed by atoms with E-state index >= 15 is 0 Å². The number of thiazole rings is 1. The first-order chi connectivity index (χ1) is 14.6. The third-order valence-corrected chi connectivity index (χ3v) is 6.94. The molecule has 0 fully saturated rings. The van der Waals surface area contributed by atoms with Crippen molar-refractivity contribution < 1.29 is 14.7 Å². The van der Waals surface area contributed by atoms with E-state index in [9.17, 15) is 14.7 Å². The molecule has 0 spiro atoms. The van der Waals surface area contributed by atoms with E-state index in [0.29, 0.717) is 23.6 Å². The van der Waals surface area contributed by atoms with Gasteiger partial charge in [0, 0.05) is 0 Å². The Morgan fingerprint density at radius 2 is 1.80 bits per heavy atom. The van der Waals surface area contributed by atoms with Gasteiger partial charge >= 0.3 is 5.97 Å². The number of para-hydroxylation sites is 1. The SMILES string of the molecule is CCCC[C@H](N[C@@H](CCc1ccccc1)C(=O)O)C(=O)Sc1nc2ccccc2s1.